The summed E-state index contributed by atoms with van der Waals surface area (Å²) in [5.74, 6) is -1.32. The molecule has 7 heteroatoms. The van der Waals surface area contributed by atoms with Crippen LogP contribution in [0.1, 0.15) is 31.5 Å². The third-order valence-corrected chi connectivity index (χ3v) is 4.37. The molecular formula is C15H6FN3O2S. The van der Waals surface area contributed by atoms with Crippen molar-refractivity contribution < 1.29 is 14.0 Å². The van der Waals surface area contributed by atoms with E-state index in [0.717, 1.165) is 11.3 Å². The van der Waals surface area contributed by atoms with Crippen LogP contribution >= 0.6 is 11.3 Å². The number of hydrogen-bond acceptors (Lipinski definition) is 6. The molecule has 2 aromatic heterocycles. The molecule has 0 aliphatic heterocycles. The molecule has 0 fully saturated rings. The van der Waals surface area contributed by atoms with Crippen molar-refractivity contribution in [3.8, 4) is 10.6 Å². The van der Waals surface area contributed by atoms with Crippen molar-refractivity contribution in [3.63, 3.8) is 0 Å². The molecule has 1 aliphatic carbocycles. The van der Waals surface area contributed by atoms with E-state index in [2.05, 4.69) is 15.0 Å². The Bertz CT molecular complexity index is 899. The molecule has 22 heavy (non-hydrogen) atoms. The quantitative estimate of drug-likeness (QED) is 0.540. The maximum Gasteiger partial charge on any atom is 0.233 e. The number of carbonyl (C=O) groups excluding carboxylic acids is 2. The number of benzene rings is 1. The number of ketones is 2. The van der Waals surface area contributed by atoms with Crippen molar-refractivity contribution in [2.24, 2.45) is 0 Å². The third-order valence-electron chi connectivity index (χ3n) is 3.28. The van der Waals surface area contributed by atoms with Crippen LogP contribution in [0, 0.1) is 5.82 Å². The molecule has 0 saturated heterocycles. The summed E-state index contributed by atoms with van der Waals surface area (Å²) in [7, 11) is 0. The van der Waals surface area contributed by atoms with E-state index in [1.54, 1.807) is 18.2 Å². The van der Waals surface area contributed by atoms with Crippen LogP contribution in [0.15, 0.2) is 36.7 Å². The second-order valence-electron chi connectivity index (χ2n) is 4.59. The van der Waals surface area contributed by atoms with E-state index in [4.69, 9.17) is 0 Å². The van der Waals surface area contributed by atoms with Gasteiger partial charge in [0, 0.05) is 18.0 Å². The Balaban J connectivity index is 1.93. The number of thiazole rings is 1. The smallest absolute Gasteiger partial charge is 0.233 e. The highest BCUT2D eigenvalue weighted by Crippen LogP contribution is 2.34. The minimum Gasteiger partial charge on any atom is -0.286 e. The molecule has 0 unspecified atom stereocenters. The SMILES string of the molecule is O=C1c2nccnc2C(=O)c2sc(-c3ccccc3F)nc21. The molecule has 0 spiro atoms. The summed E-state index contributed by atoms with van der Waals surface area (Å²) < 4.78 is 13.9. The van der Waals surface area contributed by atoms with Gasteiger partial charge in [0.1, 0.15) is 32.8 Å². The molecule has 0 atom stereocenters. The van der Waals surface area contributed by atoms with Gasteiger partial charge in [-0.25, -0.2) is 19.3 Å². The zero-order valence-electron chi connectivity index (χ0n) is 10.9. The average molecular weight is 311 g/mol. The van der Waals surface area contributed by atoms with Gasteiger partial charge < -0.3 is 0 Å². The molecule has 106 valence electrons. The van der Waals surface area contributed by atoms with E-state index >= 15 is 0 Å². The van der Waals surface area contributed by atoms with Gasteiger partial charge in [0.15, 0.2) is 0 Å². The van der Waals surface area contributed by atoms with Crippen LogP contribution in [0.3, 0.4) is 0 Å². The first-order valence-electron chi connectivity index (χ1n) is 6.33. The van der Waals surface area contributed by atoms with Crippen LogP contribution in [0.4, 0.5) is 4.39 Å². The molecule has 4 rings (SSSR count). The van der Waals surface area contributed by atoms with Crippen molar-refractivity contribution in [2.45, 2.75) is 0 Å². The molecule has 0 amide bonds. The minimum atomic E-state index is -0.462. The predicted molar refractivity (Wildman–Crippen MR) is 76.4 cm³/mol. The molecule has 0 N–H and O–H groups in total. The normalized spacial score (nSPS) is 13.0. The summed E-state index contributed by atoms with van der Waals surface area (Å²) in [5, 5.41) is 0.289. The molecular weight excluding hydrogens is 305 g/mol. The van der Waals surface area contributed by atoms with Crippen LogP contribution in [-0.4, -0.2) is 26.5 Å². The molecule has 5 nitrogen and oxygen atoms in total. The predicted octanol–water partition coefficient (Wildman–Crippen LogP) is 2.51. The Labute approximate surface area is 127 Å². The summed E-state index contributed by atoms with van der Waals surface area (Å²) in [6.07, 6.45) is 2.70. The summed E-state index contributed by atoms with van der Waals surface area (Å²) in [6.45, 7) is 0. The number of rotatable bonds is 1. The lowest BCUT2D eigenvalue weighted by atomic mass is 10.0. The fourth-order valence-corrected chi connectivity index (χ4v) is 3.30. The number of nitrogens with zero attached hydrogens (tertiary/aromatic N) is 3. The summed E-state index contributed by atoms with van der Waals surface area (Å²) in [6, 6.07) is 6.09. The van der Waals surface area contributed by atoms with Crippen LogP contribution in [-0.2, 0) is 0 Å². The first kappa shape index (κ1) is 12.9. The lowest BCUT2D eigenvalue weighted by Crippen LogP contribution is -2.22. The summed E-state index contributed by atoms with van der Waals surface area (Å²) >= 11 is 0.989. The van der Waals surface area contributed by atoms with Gasteiger partial charge in [0.05, 0.1) is 0 Å². The summed E-state index contributed by atoms with van der Waals surface area (Å²) in [4.78, 5) is 36.9. The Morgan fingerprint density at radius 1 is 0.909 bits per heavy atom. The highest BCUT2D eigenvalue weighted by molar-refractivity contribution is 7.17. The van der Waals surface area contributed by atoms with E-state index in [9.17, 15) is 14.0 Å². The van der Waals surface area contributed by atoms with Crippen molar-refractivity contribution >= 4 is 22.9 Å². The van der Waals surface area contributed by atoms with Crippen molar-refractivity contribution in [2.75, 3.05) is 0 Å². The monoisotopic (exact) mass is 311 g/mol. The summed E-state index contributed by atoms with van der Waals surface area (Å²) in [5.41, 5.74) is 0.280. The van der Waals surface area contributed by atoms with E-state index in [1.165, 1.54) is 18.5 Å². The van der Waals surface area contributed by atoms with Crippen molar-refractivity contribution in [3.05, 3.63) is 64.4 Å². The first-order chi connectivity index (χ1) is 10.7. The molecule has 0 bridgehead atoms. The number of hydrogen-bond donors (Lipinski definition) is 0. The Kier molecular flexibility index (Phi) is 2.70. The molecule has 2 heterocycles. The lowest BCUT2D eigenvalue weighted by Gasteiger charge is -2.09. The number of aromatic nitrogens is 3. The van der Waals surface area contributed by atoms with E-state index in [0.29, 0.717) is 0 Å². The van der Waals surface area contributed by atoms with E-state index in [-0.39, 0.29) is 32.5 Å². The van der Waals surface area contributed by atoms with E-state index in [1.807, 2.05) is 0 Å². The van der Waals surface area contributed by atoms with Crippen LogP contribution in [0.5, 0.6) is 0 Å². The maximum atomic E-state index is 13.9. The van der Waals surface area contributed by atoms with Gasteiger partial charge in [0.2, 0.25) is 11.6 Å². The zero-order chi connectivity index (χ0) is 15.3. The minimum absolute atomic E-state index is 0.00890. The Morgan fingerprint density at radius 2 is 1.59 bits per heavy atom. The van der Waals surface area contributed by atoms with Gasteiger partial charge >= 0.3 is 0 Å². The lowest BCUT2D eigenvalue weighted by molar-refractivity contribution is 0.0971. The fraction of sp³-hybridized carbons (Fsp3) is 0. The molecule has 0 radical (unpaired) electrons. The highest BCUT2D eigenvalue weighted by Gasteiger charge is 2.36. The van der Waals surface area contributed by atoms with Crippen molar-refractivity contribution in [1.82, 2.24) is 15.0 Å². The standard InChI is InChI=1S/C15H6FN3O2S/c16-8-4-2-1-3-7(8)15-19-11-12(20)9-10(18-6-5-17-9)13(21)14(11)22-15/h1-6H. The molecule has 3 aromatic rings. The van der Waals surface area contributed by atoms with Crippen molar-refractivity contribution in [1.29, 1.82) is 0 Å². The second-order valence-corrected chi connectivity index (χ2v) is 5.59. The van der Waals surface area contributed by atoms with Gasteiger partial charge in [-0.05, 0) is 12.1 Å². The maximum absolute atomic E-state index is 13.9. The van der Waals surface area contributed by atoms with Crippen LogP contribution in [0.25, 0.3) is 10.6 Å². The molecule has 1 aliphatic rings. The number of halogens is 1. The van der Waals surface area contributed by atoms with Gasteiger partial charge in [-0.1, -0.05) is 12.1 Å². The van der Waals surface area contributed by atoms with Crippen LogP contribution < -0.4 is 0 Å². The highest BCUT2D eigenvalue weighted by atomic mass is 32.1. The van der Waals surface area contributed by atoms with Gasteiger partial charge in [-0.3, -0.25) is 9.59 Å². The van der Waals surface area contributed by atoms with Crippen LogP contribution in [0.2, 0.25) is 0 Å². The first-order valence-corrected chi connectivity index (χ1v) is 7.14. The Morgan fingerprint density at radius 3 is 2.32 bits per heavy atom. The van der Waals surface area contributed by atoms with Gasteiger partial charge in [-0.15, -0.1) is 11.3 Å². The third kappa shape index (κ3) is 1.72. The number of carbonyl (C=O) groups is 2. The second kappa shape index (κ2) is 4.60. The van der Waals surface area contributed by atoms with E-state index < -0.39 is 17.4 Å². The molecule has 0 saturated carbocycles. The topological polar surface area (TPSA) is 72.8 Å². The average Bonchev–Trinajstić information content (AvgIpc) is 2.98. The largest absolute Gasteiger partial charge is 0.286 e. The fourth-order valence-electron chi connectivity index (χ4n) is 2.27. The molecule has 1 aromatic carbocycles. The number of fused-ring (bicyclic) bond motifs is 2. The zero-order valence-corrected chi connectivity index (χ0v) is 11.7. The van der Waals surface area contributed by atoms with Gasteiger partial charge in [-0.2, -0.15) is 0 Å². The Hall–Kier alpha value is -2.80. The van der Waals surface area contributed by atoms with Gasteiger partial charge in [0.25, 0.3) is 0 Å².